The Kier molecular flexibility index (Phi) is 16.0. The van der Waals surface area contributed by atoms with Gasteiger partial charge in [0.05, 0.1) is 39.1 Å². The van der Waals surface area contributed by atoms with E-state index in [4.69, 9.17) is 24.1 Å². The van der Waals surface area contributed by atoms with Gasteiger partial charge in [0, 0.05) is 12.5 Å². The van der Waals surface area contributed by atoms with E-state index in [1.165, 1.54) is 0 Å². The molecule has 0 bridgehead atoms. The molecule has 1 aliphatic carbocycles. The highest BCUT2D eigenvalue weighted by molar-refractivity contribution is 5.90. The molecule has 3 aromatic carbocycles. The van der Waals surface area contributed by atoms with Crippen LogP contribution in [0.1, 0.15) is 42.9 Å². The van der Waals surface area contributed by atoms with Crippen LogP contribution in [0.3, 0.4) is 0 Å². The van der Waals surface area contributed by atoms with Crippen molar-refractivity contribution >= 4 is 23.9 Å². The van der Waals surface area contributed by atoms with E-state index in [0.717, 1.165) is 27.8 Å². The molecule has 3 aromatic rings. The van der Waals surface area contributed by atoms with E-state index in [1.807, 2.05) is 92.7 Å². The van der Waals surface area contributed by atoms with Crippen molar-refractivity contribution in [2.75, 3.05) is 52.8 Å². The average Bonchev–Trinajstić information content (AvgIpc) is 3.45. The van der Waals surface area contributed by atoms with Crippen molar-refractivity contribution in [3.05, 3.63) is 95.6 Å². The van der Waals surface area contributed by atoms with Crippen molar-refractivity contribution in [1.82, 2.24) is 16.0 Å². The molecule has 0 aromatic heterocycles. The molecular formula is C39H49N3O10. The van der Waals surface area contributed by atoms with Gasteiger partial charge in [0.25, 0.3) is 5.91 Å². The molecule has 13 heteroatoms. The van der Waals surface area contributed by atoms with E-state index in [9.17, 15) is 24.3 Å². The van der Waals surface area contributed by atoms with Gasteiger partial charge in [-0.25, -0.2) is 9.59 Å². The number of nitrogens with one attached hydrogen (secondary N) is 3. The number of ether oxygens (including phenoxy) is 4. The molecule has 0 spiro atoms. The largest absolute Gasteiger partial charge is 0.480 e. The van der Waals surface area contributed by atoms with Gasteiger partial charge in [-0.2, -0.15) is 0 Å². The van der Waals surface area contributed by atoms with Crippen LogP contribution in [0.15, 0.2) is 78.9 Å². The third kappa shape index (κ3) is 12.4. The maximum absolute atomic E-state index is 13.5. The Morgan fingerprint density at radius 3 is 1.92 bits per heavy atom. The number of carbonyl (C=O) groups is 4. The fraction of sp³-hybridized carbons (Fsp3) is 0.436. The van der Waals surface area contributed by atoms with Gasteiger partial charge in [-0.05, 0) is 46.6 Å². The second kappa shape index (κ2) is 20.9. The zero-order chi connectivity index (χ0) is 37.3. The molecule has 0 aliphatic heterocycles. The smallest absolute Gasteiger partial charge is 0.407 e. The van der Waals surface area contributed by atoms with Crippen molar-refractivity contribution < 1.29 is 48.3 Å². The number of carbonyl (C=O) groups excluding carboxylic acids is 3. The van der Waals surface area contributed by atoms with E-state index in [2.05, 4.69) is 16.0 Å². The third-order valence-corrected chi connectivity index (χ3v) is 8.45. The minimum atomic E-state index is -1.69. The minimum Gasteiger partial charge on any atom is -0.480 e. The first-order valence-corrected chi connectivity index (χ1v) is 17.5. The van der Waals surface area contributed by atoms with Crippen molar-refractivity contribution in [1.29, 1.82) is 0 Å². The number of carboxylic acid groups (broad SMARTS) is 1. The topological polar surface area (TPSA) is 182 Å². The van der Waals surface area contributed by atoms with Crippen LogP contribution in [0.2, 0.25) is 0 Å². The number of alkyl carbamates (subject to hydrolysis) is 1. The van der Waals surface area contributed by atoms with Gasteiger partial charge >= 0.3 is 12.1 Å². The number of hydrogen-bond donors (Lipinski definition) is 5. The lowest BCUT2D eigenvalue weighted by atomic mass is 9.98. The van der Waals surface area contributed by atoms with Gasteiger partial charge in [0.15, 0.2) is 6.10 Å². The molecule has 1 aliphatic rings. The predicted octanol–water partition coefficient (Wildman–Crippen LogP) is 3.28. The number of fused-ring (bicyclic) bond motifs is 3. The third-order valence-electron chi connectivity index (χ3n) is 8.45. The van der Waals surface area contributed by atoms with Crippen LogP contribution in [0, 0.1) is 5.92 Å². The quantitative estimate of drug-likeness (QED) is 0.0968. The molecule has 3 unspecified atom stereocenters. The fourth-order valence-corrected chi connectivity index (χ4v) is 6.01. The molecule has 52 heavy (non-hydrogen) atoms. The number of hydrogen-bond acceptors (Lipinski definition) is 9. The van der Waals surface area contributed by atoms with Crippen molar-refractivity contribution in [3.63, 3.8) is 0 Å². The number of aliphatic hydroxyl groups excluding tert-OH is 1. The lowest BCUT2D eigenvalue weighted by Crippen LogP contribution is -2.56. The Balaban J connectivity index is 1.30. The molecule has 5 N–H and O–H groups in total. The standard InChI is InChI=1S/C39H49N3O10/c1-26(2)22-34(37(46)40-16-17-49-18-19-50-20-21-51-25-35(43)44)41-38(47)36(45)33(23-27-10-4-3-5-11-27)42-39(48)52-24-32-30-14-8-6-12-28(30)29-13-7-9-15-31(29)32/h3-15,26,32-34,36,45H,16-25H2,1-2H3,(H,40,46)(H,41,47)(H,42,48)(H,43,44). The van der Waals surface area contributed by atoms with E-state index in [-0.39, 0.29) is 71.0 Å². The van der Waals surface area contributed by atoms with Gasteiger partial charge in [0.2, 0.25) is 5.91 Å². The summed E-state index contributed by atoms with van der Waals surface area (Å²) in [5.74, 6) is -2.41. The Hall–Kier alpha value is -4.82. The van der Waals surface area contributed by atoms with E-state index >= 15 is 0 Å². The molecule has 0 saturated heterocycles. The molecule has 3 atom stereocenters. The van der Waals surface area contributed by atoms with Crippen LogP contribution in [0.4, 0.5) is 4.79 Å². The Morgan fingerprint density at radius 2 is 1.31 bits per heavy atom. The summed E-state index contributed by atoms with van der Waals surface area (Å²) in [4.78, 5) is 50.2. The van der Waals surface area contributed by atoms with Crippen molar-refractivity contribution in [2.45, 2.75) is 50.8 Å². The summed E-state index contributed by atoms with van der Waals surface area (Å²) >= 11 is 0. The number of aliphatic carboxylic acids is 1. The van der Waals surface area contributed by atoms with Crippen molar-refractivity contribution in [3.8, 4) is 11.1 Å². The SMILES string of the molecule is CC(C)CC(NC(=O)C(O)C(Cc1ccccc1)NC(=O)OCC1c2ccccc2-c2ccccc21)C(=O)NCCOCCOCCOCC(=O)O. The fourth-order valence-electron chi connectivity index (χ4n) is 6.01. The highest BCUT2D eigenvalue weighted by Gasteiger charge is 2.33. The Bertz CT molecular complexity index is 1560. The monoisotopic (exact) mass is 719 g/mol. The van der Waals surface area contributed by atoms with Gasteiger partial charge < -0.3 is 45.1 Å². The van der Waals surface area contributed by atoms with Crippen LogP contribution < -0.4 is 16.0 Å². The van der Waals surface area contributed by atoms with Crippen LogP contribution in [0.25, 0.3) is 11.1 Å². The molecule has 0 heterocycles. The molecule has 4 rings (SSSR count). The zero-order valence-electron chi connectivity index (χ0n) is 29.6. The van der Waals surface area contributed by atoms with Crippen molar-refractivity contribution in [2.24, 2.45) is 5.92 Å². The molecule has 0 fully saturated rings. The highest BCUT2D eigenvalue weighted by Crippen LogP contribution is 2.44. The first kappa shape index (κ1) is 40.0. The van der Waals surface area contributed by atoms with Gasteiger partial charge in [0.1, 0.15) is 19.3 Å². The van der Waals surface area contributed by atoms with Gasteiger partial charge in [-0.3, -0.25) is 9.59 Å². The van der Waals surface area contributed by atoms with Gasteiger partial charge in [-0.15, -0.1) is 0 Å². The highest BCUT2D eigenvalue weighted by atomic mass is 16.6. The number of benzene rings is 3. The van der Waals surface area contributed by atoms with E-state index in [1.54, 1.807) is 0 Å². The van der Waals surface area contributed by atoms with Crippen LogP contribution in [0.5, 0.6) is 0 Å². The second-order valence-corrected chi connectivity index (χ2v) is 12.9. The molecule has 0 saturated carbocycles. The van der Waals surface area contributed by atoms with Crippen LogP contribution in [-0.4, -0.2) is 105 Å². The summed E-state index contributed by atoms with van der Waals surface area (Å²) in [5.41, 5.74) is 5.09. The van der Waals surface area contributed by atoms with Gasteiger partial charge in [-0.1, -0.05) is 92.7 Å². The minimum absolute atomic E-state index is 0.0418. The number of rotatable bonds is 22. The number of carboxylic acids is 1. The van der Waals surface area contributed by atoms with Crippen LogP contribution >= 0.6 is 0 Å². The normalized spacial score (nSPS) is 13.8. The molecule has 13 nitrogen and oxygen atoms in total. The van der Waals surface area contributed by atoms with Crippen LogP contribution in [-0.2, 0) is 39.8 Å². The summed E-state index contributed by atoms with van der Waals surface area (Å²) < 4.78 is 21.4. The summed E-state index contributed by atoms with van der Waals surface area (Å²) in [7, 11) is 0. The average molecular weight is 720 g/mol. The summed E-state index contributed by atoms with van der Waals surface area (Å²) in [6.45, 7) is 4.77. The molecule has 3 amide bonds. The predicted molar refractivity (Wildman–Crippen MR) is 193 cm³/mol. The number of aliphatic hydroxyl groups is 1. The van der Waals surface area contributed by atoms with E-state index in [0.29, 0.717) is 6.42 Å². The zero-order valence-corrected chi connectivity index (χ0v) is 29.6. The maximum atomic E-state index is 13.5. The first-order chi connectivity index (χ1) is 25.1. The molecular weight excluding hydrogens is 670 g/mol. The first-order valence-electron chi connectivity index (χ1n) is 17.5. The van der Waals surface area contributed by atoms with E-state index < -0.39 is 42.1 Å². The summed E-state index contributed by atoms with van der Waals surface area (Å²) in [6, 6.07) is 23.2. The lowest BCUT2D eigenvalue weighted by molar-refractivity contribution is -0.142. The summed E-state index contributed by atoms with van der Waals surface area (Å²) in [5, 5.41) is 28.0. The Morgan fingerprint density at radius 1 is 0.731 bits per heavy atom. The maximum Gasteiger partial charge on any atom is 0.407 e. The summed E-state index contributed by atoms with van der Waals surface area (Å²) in [6.07, 6.45) is -2.02. The molecule has 0 radical (unpaired) electrons. The second-order valence-electron chi connectivity index (χ2n) is 12.9. The lowest BCUT2D eigenvalue weighted by Gasteiger charge is -2.26. The molecule has 280 valence electrons. The Labute approximate surface area is 304 Å². The number of amides is 3.